The fraction of sp³-hybridized carbons (Fsp3) is 0.632. The van der Waals surface area contributed by atoms with Crippen LogP contribution >= 0.6 is 67.8 Å². The van der Waals surface area contributed by atoms with Crippen molar-refractivity contribution in [3.63, 3.8) is 0 Å². The van der Waals surface area contributed by atoms with Crippen LogP contribution in [0.15, 0.2) is 12.1 Å². The standard InChI is InChI=1S/C19H20FI3O7S/c20-15(31(26,27)28)17(25)30-19-6-9-1-10(7-19)5-18(4-9,8-19)29-16(24)12-2-11(21)3-13(22)14(12)23/h2-3,9-10,15-16,24H,1,4-8H2,(H,26,27,28). The number of benzene rings is 1. The molecule has 1 aromatic rings. The van der Waals surface area contributed by atoms with Gasteiger partial charge in [-0.3, -0.25) is 4.55 Å². The van der Waals surface area contributed by atoms with Gasteiger partial charge in [-0.15, -0.1) is 0 Å². The van der Waals surface area contributed by atoms with Gasteiger partial charge < -0.3 is 14.6 Å². The molecule has 172 valence electrons. The monoisotopic (exact) mass is 792 g/mol. The second-order valence-electron chi connectivity index (χ2n) is 8.84. The van der Waals surface area contributed by atoms with Gasteiger partial charge in [0.25, 0.3) is 0 Å². The van der Waals surface area contributed by atoms with Gasteiger partial charge in [0, 0.05) is 22.7 Å². The zero-order valence-corrected chi connectivity index (χ0v) is 23.4. The molecule has 31 heavy (non-hydrogen) atoms. The highest BCUT2D eigenvalue weighted by atomic mass is 127. The molecule has 4 fully saturated rings. The van der Waals surface area contributed by atoms with Crippen molar-refractivity contribution in [2.75, 3.05) is 0 Å². The minimum Gasteiger partial charge on any atom is -0.456 e. The Morgan fingerprint density at radius 1 is 1.13 bits per heavy atom. The van der Waals surface area contributed by atoms with Crippen molar-refractivity contribution in [3.8, 4) is 0 Å². The van der Waals surface area contributed by atoms with E-state index >= 15 is 0 Å². The van der Waals surface area contributed by atoms with Crippen LogP contribution in [0.2, 0.25) is 0 Å². The van der Waals surface area contributed by atoms with Crippen LogP contribution < -0.4 is 0 Å². The molecule has 12 heteroatoms. The molecular weight excluding hydrogens is 772 g/mol. The summed E-state index contributed by atoms with van der Waals surface area (Å²) in [5.74, 6) is -1.26. The molecule has 4 atom stereocenters. The maximum atomic E-state index is 13.8. The normalized spacial score (nSPS) is 33.9. The maximum Gasteiger partial charge on any atom is 0.359 e. The van der Waals surface area contributed by atoms with E-state index in [0.29, 0.717) is 31.2 Å². The van der Waals surface area contributed by atoms with Crippen molar-refractivity contribution >= 4 is 83.9 Å². The molecule has 2 N–H and O–H groups in total. The largest absolute Gasteiger partial charge is 0.456 e. The predicted molar refractivity (Wildman–Crippen MR) is 133 cm³/mol. The highest BCUT2D eigenvalue weighted by Gasteiger charge is 2.61. The molecule has 0 amide bonds. The van der Waals surface area contributed by atoms with Gasteiger partial charge >= 0.3 is 21.6 Å². The van der Waals surface area contributed by atoms with E-state index in [9.17, 15) is 22.7 Å². The van der Waals surface area contributed by atoms with E-state index in [0.717, 1.165) is 17.1 Å². The number of aliphatic hydroxyl groups excluding tert-OH is 1. The van der Waals surface area contributed by atoms with E-state index < -0.39 is 39.1 Å². The molecule has 0 heterocycles. The summed E-state index contributed by atoms with van der Waals surface area (Å²) in [5, 5.41) is 11.0. The molecule has 4 saturated carbocycles. The molecule has 0 aliphatic heterocycles. The Kier molecular flexibility index (Phi) is 6.94. The van der Waals surface area contributed by atoms with Crippen molar-refractivity contribution < 1.29 is 36.7 Å². The van der Waals surface area contributed by atoms with Crippen LogP contribution in [0.1, 0.15) is 50.4 Å². The van der Waals surface area contributed by atoms with E-state index in [4.69, 9.17) is 14.0 Å². The van der Waals surface area contributed by atoms with Crippen molar-refractivity contribution in [1.82, 2.24) is 0 Å². The first-order chi connectivity index (χ1) is 14.3. The fourth-order valence-electron chi connectivity index (χ4n) is 5.79. The number of hydrogen-bond donors (Lipinski definition) is 2. The Balaban J connectivity index is 1.58. The Morgan fingerprint density at radius 3 is 2.29 bits per heavy atom. The lowest BCUT2D eigenvalue weighted by Crippen LogP contribution is -2.62. The van der Waals surface area contributed by atoms with Crippen molar-refractivity contribution in [2.45, 2.75) is 61.5 Å². The van der Waals surface area contributed by atoms with Crippen molar-refractivity contribution in [2.24, 2.45) is 11.8 Å². The summed E-state index contributed by atoms with van der Waals surface area (Å²) < 4.78 is 59.3. The number of alkyl halides is 1. The third kappa shape index (κ3) is 5.04. The zero-order valence-electron chi connectivity index (χ0n) is 16.1. The minimum atomic E-state index is -5.18. The number of carbonyl (C=O) groups is 1. The van der Waals surface area contributed by atoms with Gasteiger partial charge in [-0.25, -0.2) is 9.18 Å². The molecule has 1 aromatic carbocycles. The minimum absolute atomic E-state index is 0.167. The van der Waals surface area contributed by atoms with Crippen molar-refractivity contribution in [1.29, 1.82) is 0 Å². The van der Waals surface area contributed by atoms with Gasteiger partial charge in [-0.2, -0.15) is 8.42 Å². The number of halogens is 4. The SMILES string of the molecule is O=C(OC12CC3CC(C1)CC(OC(O)c1cc(I)cc(I)c1I)(C3)C2)C(F)S(=O)(=O)O. The van der Waals surface area contributed by atoms with E-state index in [1.807, 2.05) is 12.1 Å². The summed E-state index contributed by atoms with van der Waals surface area (Å²) in [5.41, 5.74) is -4.27. The van der Waals surface area contributed by atoms with Gasteiger partial charge in [0.1, 0.15) is 5.60 Å². The summed E-state index contributed by atoms with van der Waals surface area (Å²) in [6, 6.07) is 3.87. The number of carbonyl (C=O) groups excluding carboxylic acids is 1. The first kappa shape index (κ1) is 24.8. The first-order valence-corrected chi connectivity index (χ1v) is 14.4. The van der Waals surface area contributed by atoms with Crippen LogP contribution in [0.25, 0.3) is 0 Å². The van der Waals surface area contributed by atoms with Crippen LogP contribution in [0.3, 0.4) is 0 Å². The van der Waals surface area contributed by atoms with E-state index in [2.05, 4.69) is 67.8 Å². The second-order valence-corrected chi connectivity index (χ2v) is 13.8. The first-order valence-electron chi connectivity index (χ1n) is 9.65. The number of aliphatic hydroxyl groups is 1. The van der Waals surface area contributed by atoms with E-state index in [-0.39, 0.29) is 18.3 Å². The molecule has 4 aliphatic carbocycles. The molecule has 7 nitrogen and oxygen atoms in total. The van der Waals surface area contributed by atoms with Crippen LogP contribution in [-0.2, 0) is 24.4 Å². The van der Waals surface area contributed by atoms with Crippen LogP contribution in [0.4, 0.5) is 4.39 Å². The molecule has 0 radical (unpaired) electrons. The zero-order chi connectivity index (χ0) is 22.8. The molecular formula is C19H20FI3O7S. The van der Waals surface area contributed by atoms with Crippen LogP contribution in [-0.4, -0.2) is 40.8 Å². The Labute approximate surface area is 220 Å². The number of esters is 1. The molecule has 4 unspecified atom stereocenters. The van der Waals surface area contributed by atoms with Gasteiger partial charge in [0.2, 0.25) is 0 Å². The summed E-state index contributed by atoms with van der Waals surface area (Å²) in [6.07, 6.45) is 2.37. The predicted octanol–water partition coefficient (Wildman–Crippen LogP) is 4.33. The summed E-state index contributed by atoms with van der Waals surface area (Å²) >= 11 is 6.55. The quantitative estimate of drug-likeness (QED) is 0.145. The highest BCUT2D eigenvalue weighted by molar-refractivity contribution is 14.1. The van der Waals surface area contributed by atoms with Crippen molar-refractivity contribution in [3.05, 3.63) is 28.4 Å². The van der Waals surface area contributed by atoms with E-state index in [1.165, 1.54) is 0 Å². The smallest absolute Gasteiger partial charge is 0.359 e. The molecule has 4 bridgehead atoms. The van der Waals surface area contributed by atoms with Gasteiger partial charge in [0.05, 0.1) is 5.60 Å². The number of hydrogen-bond acceptors (Lipinski definition) is 6. The van der Waals surface area contributed by atoms with Crippen LogP contribution in [0.5, 0.6) is 0 Å². The summed E-state index contributed by atoms with van der Waals surface area (Å²) in [4.78, 5) is 12.1. The Hall–Kier alpha value is 0.640. The van der Waals surface area contributed by atoms with E-state index in [1.54, 1.807) is 0 Å². The lowest BCUT2D eigenvalue weighted by atomic mass is 9.52. The van der Waals surface area contributed by atoms with Gasteiger partial charge in [-0.1, -0.05) is 0 Å². The number of ether oxygens (including phenoxy) is 2. The van der Waals surface area contributed by atoms with Crippen LogP contribution in [0, 0.1) is 22.5 Å². The number of rotatable bonds is 6. The average Bonchev–Trinajstić information content (AvgIpc) is 2.61. The highest BCUT2D eigenvalue weighted by Crippen LogP contribution is 2.61. The fourth-order valence-corrected chi connectivity index (χ4v) is 8.55. The summed E-state index contributed by atoms with van der Waals surface area (Å²) in [6.45, 7) is 0. The Morgan fingerprint density at radius 2 is 1.71 bits per heavy atom. The molecule has 0 spiro atoms. The molecule has 0 saturated heterocycles. The third-order valence-electron chi connectivity index (χ3n) is 6.37. The lowest BCUT2D eigenvalue weighted by molar-refractivity contribution is -0.277. The van der Waals surface area contributed by atoms with Gasteiger partial charge in [-0.05, 0) is 124 Å². The molecule has 4 aliphatic rings. The Bertz CT molecular complexity index is 1000. The lowest BCUT2D eigenvalue weighted by Gasteiger charge is -2.60. The average molecular weight is 792 g/mol. The third-order valence-corrected chi connectivity index (χ3v) is 10.8. The van der Waals surface area contributed by atoms with Gasteiger partial charge in [0.15, 0.2) is 6.29 Å². The topological polar surface area (TPSA) is 110 Å². The molecule has 5 rings (SSSR count). The maximum absolute atomic E-state index is 13.8. The summed E-state index contributed by atoms with van der Waals surface area (Å²) in [7, 11) is -5.18. The molecule has 0 aromatic heterocycles. The second kappa shape index (κ2) is 8.70.